The molecular formula is C19H33ClN2O3. The minimum atomic E-state index is -0.231. The SMILES string of the molecule is COC(CN)CC(=O)NCC(C)(C)c1ccc(OCC(C)C)cc1.Cl. The number of ether oxygens (including phenoxy) is 2. The Labute approximate surface area is 158 Å². The number of nitrogens with two attached hydrogens (primary N) is 1. The Morgan fingerprint density at radius 3 is 2.32 bits per heavy atom. The molecule has 144 valence electrons. The molecule has 1 atom stereocenters. The Morgan fingerprint density at radius 1 is 1.24 bits per heavy atom. The van der Waals surface area contributed by atoms with E-state index < -0.39 is 0 Å². The average molecular weight is 373 g/mol. The van der Waals surface area contributed by atoms with Gasteiger partial charge >= 0.3 is 0 Å². The van der Waals surface area contributed by atoms with Crippen molar-refractivity contribution >= 4 is 18.3 Å². The predicted molar refractivity (Wildman–Crippen MR) is 105 cm³/mol. The number of rotatable bonds is 10. The van der Waals surface area contributed by atoms with Gasteiger partial charge in [0.2, 0.25) is 5.91 Å². The highest BCUT2D eigenvalue weighted by Gasteiger charge is 2.22. The topological polar surface area (TPSA) is 73.6 Å². The number of amides is 1. The van der Waals surface area contributed by atoms with Crippen LogP contribution in [0.2, 0.25) is 0 Å². The Morgan fingerprint density at radius 2 is 1.84 bits per heavy atom. The fourth-order valence-electron chi connectivity index (χ4n) is 2.23. The smallest absolute Gasteiger partial charge is 0.222 e. The average Bonchev–Trinajstić information content (AvgIpc) is 2.56. The molecule has 0 aromatic heterocycles. The van der Waals surface area contributed by atoms with Gasteiger partial charge in [-0.05, 0) is 23.6 Å². The van der Waals surface area contributed by atoms with E-state index in [1.165, 1.54) is 0 Å². The van der Waals surface area contributed by atoms with Crippen molar-refractivity contribution in [1.82, 2.24) is 5.32 Å². The Bertz CT molecular complexity index is 500. The highest BCUT2D eigenvalue weighted by Crippen LogP contribution is 2.25. The van der Waals surface area contributed by atoms with Gasteiger partial charge in [-0.15, -0.1) is 12.4 Å². The summed E-state index contributed by atoms with van der Waals surface area (Å²) in [4.78, 5) is 12.0. The van der Waals surface area contributed by atoms with Crippen LogP contribution in [0.15, 0.2) is 24.3 Å². The van der Waals surface area contributed by atoms with Crippen LogP contribution in [0.4, 0.5) is 0 Å². The summed E-state index contributed by atoms with van der Waals surface area (Å²) in [6.07, 6.45) is 0.0518. The lowest BCUT2D eigenvalue weighted by Gasteiger charge is -2.26. The molecule has 1 aromatic carbocycles. The quantitative estimate of drug-likeness (QED) is 0.662. The minimum absolute atomic E-state index is 0. The largest absolute Gasteiger partial charge is 0.493 e. The fourth-order valence-corrected chi connectivity index (χ4v) is 2.23. The summed E-state index contributed by atoms with van der Waals surface area (Å²) < 4.78 is 10.8. The standard InChI is InChI=1S/C19H32N2O3.ClH/c1-14(2)12-24-16-8-6-15(7-9-16)19(3,4)13-21-18(22)10-17(11-20)23-5;/h6-9,14,17H,10-13,20H2,1-5H3,(H,21,22);1H. The molecule has 0 heterocycles. The van der Waals surface area contributed by atoms with Gasteiger partial charge in [-0.1, -0.05) is 39.8 Å². The third kappa shape index (κ3) is 8.56. The molecule has 0 fully saturated rings. The van der Waals surface area contributed by atoms with Crippen LogP contribution >= 0.6 is 12.4 Å². The fraction of sp³-hybridized carbons (Fsp3) is 0.632. The molecule has 3 N–H and O–H groups in total. The van der Waals surface area contributed by atoms with Gasteiger partial charge in [0.15, 0.2) is 0 Å². The Kier molecular flexibility index (Phi) is 10.8. The van der Waals surface area contributed by atoms with Crippen LogP contribution in [-0.4, -0.2) is 38.8 Å². The molecule has 0 radical (unpaired) electrons. The van der Waals surface area contributed by atoms with Gasteiger partial charge in [0.25, 0.3) is 0 Å². The molecule has 1 unspecified atom stereocenters. The van der Waals surface area contributed by atoms with Gasteiger partial charge in [-0.3, -0.25) is 4.79 Å². The lowest BCUT2D eigenvalue weighted by molar-refractivity contribution is -0.123. The van der Waals surface area contributed by atoms with Crippen LogP contribution in [-0.2, 0) is 14.9 Å². The normalized spacial score (nSPS) is 12.4. The van der Waals surface area contributed by atoms with E-state index in [9.17, 15) is 4.79 Å². The van der Waals surface area contributed by atoms with Crippen LogP contribution in [0.1, 0.15) is 39.7 Å². The second kappa shape index (κ2) is 11.3. The summed E-state index contributed by atoms with van der Waals surface area (Å²) in [7, 11) is 1.57. The van der Waals surface area contributed by atoms with Crippen LogP contribution < -0.4 is 15.8 Å². The van der Waals surface area contributed by atoms with E-state index in [0.29, 0.717) is 25.6 Å². The van der Waals surface area contributed by atoms with Gasteiger partial charge in [0.1, 0.15) is 5.75 Å². The van der Waals surface area contributed by atoms with E-state index in [-0.39, 0.29) is 36.3 Å². The number of halogens is 1. The van der Waals surface area contributed by atoms with Gasteiger partial charge in [0, 0.05) is 25.6 Å². The number of hydrogen-bond acceptors (Lipinski definition) is 4. The van der Waals surface area contributed by atoms with E-state index >= 15 is 0 Å². The number of methoxy groups -OCH3 is 1. The number of benzene rings is 1. The minimum Gasteiger partial charge on any atom is -0.493 e. The highest BCUT2D eigenvalue weighted by molar-refractivity contribution is 5.85. The maximum absolute atomic E-state index is 12.0. The van der Waals surface area contributed by atoms with Crippen molar-refractivity contribution in [2.75, 3.05) is 26.8 Å². The lowest BCUT2D eigenvalue weighted by Crippen LogP contribution is -2.39. The van der Waals surface area contributed by atoms with E-state index in [4.69, 9.17) is 15.2 Å². The zero-order chi connectivity index (χ0) is 18.2. The van der Waals surface area contributed by atoms with Gasteiger partial charge in [-0.25, -0.2) is 0 Å². The van der Waals surface area contributed by atoms with Crippen LogP contribution in [0.5, 0.6) is 5.75 Å². The van der Waals surface area contributed by atoms with Crippen molar-refractivity contribution in [3.05, 3.63) is 29.8 Å². The summed E-state index contributed by atoms with van der Waals surface area (Å²) in [5.41, 5.74) is 6.53. The Hall–Kier alpha value is -1.30. The lowest BCUT2D eigenvalue weighted by atomic mass is 9.84. The first-order valence-electron chi connectivity index (χ1n) is 8.51. The molecule has 0 aliphatic heterocycles. The molecule has 0 saturated carbocycles. The first-order chi connectivity index (χ1) is 11.3. The Balaban J connectivity index is 0.00000576. The van der Waals surface area contributed by atoms with Crippen LogP contribution in [0.3, 0.4) is 0 Å². The summed E-state index contributed by atoms with van der Waals surface area (Å²) in [6, 6.07) is 8.08. The first kappa shape index (κ1) is 23.7. The van der Waals surface area contributed by atoms with Gasteiger partial charge in [-0.2, -0.15) is 0 Å². The summed E-state index contributed by atoms with van der Waals surface area (Å²) in [6.45, 7) is 10.1. The van der Waals surface area contributed by atoms with E-state index in [2.05, 4.69) is 45.1 Å². The summed E-state index contributed by atoms with van der Waals surface area (Å²) >= 11 is 0. The van der Waals surface area contributed by atoms with E-state index in [1.807, 2.05) is 12.1 Å². The van der Waals surface area contributed by atoms with E-state index in [1.54, 1.807) is 7.11 Å². The van der Waals surface area contributed by atoms with E-state index in [0.717, 1.165) is 11.3 Å². The zero-order valence-electron chi connectivity index (χ0n) is 16.0. The third-order valence-corrected chi connectivity index (χ3v) is 3.96. The molecule has 25 heavy (non-hydrogen) atoms. The maximum atomic E-state index is 12.0. The van der Waals surface area contributed by atoms with Gasteiger partial charge in [0.05, 0.1) is 19.1 Å². The van der Waals surface area contributed by atoms with Gasteiger partial charge < -0.3 is 20.5 Å². The number of carbonyl (C=O) groups excluding carboxylic acids is 1. The summed E-state index contributed by atoms with van der Waals surface area (Å²) in [5.74, 6) is 1.33. The molecule has 0 aliphatic carbocycles. The number of hydrogen-bond donors (Lipinski definition) is 2. The van der Waals surface area contributed by atoms with Crippen molar-refractivity contribution in [2.45, 2.75) is 45.6 Å². The molecule has 5 nitrogen and oxygen atoms in total. The molecule has 0 saturated heterocycles. The molecule has 1 rings (SSSR count). The number of carbonyl (C=O) groups is 1. The monoisotopic (exact) mass is 372 g/mol. The number of nitrogens with one attached hydrogen (secondary N) is 1. The van der Waals surface area contributed by atoms with Crippen molar-refractivity contribution < 1.29 is 14.3 Å². The second-order valence-corrected chi connectivity index (χ2v) is 7.19. The van der Waals surface area contributed by atoms with Crippen molar-refractivity contribution in [3.8, 4) is 5.75 Å². The van der Waals surface area contributed by atoms with Crippen molar-refractivity contribution in [3.63, 3.8) is 0 Å². The third-order valence-electron chi connectivity index (χ3n) is 3.96. The molecule has 0 aliphatic rings. The maximum Gasteiger partial charge on any atom is 0.222 e. The molecule has 0 bridgehead atoms. The second-order valence-electron chi connectivity index (χ2n) is 7.19. The highest BCUT2D eigenvalue weighted by atomic mass is 35.5. The molecular weight excluding hydrogens is 340 g/mol. The molecule has 1 amide bonds. The molecule has 6 heteroatoms. The van der Waals surface area contributed by atoms with Crippen LogP contribution in [0, 0.1) is 5.92 Å². The molecule has 1 aromatic rings. The predicted octanol–water partition coefficient (Wildman–Crippen LogP) is 2.90. The zero-order valence-corrected chi connectivity index (χ0v) is 16.8. The van der Waals surface area contributed by atoms with Crippen molar-refractivity contribution in [1.29, 1.82) is 0 Å². The van der Waals surface area contributed by atoms with Crippen molar-refractivity contribution in [2.24, 2.45) is 11.7 Å². The van der Waals surface area contributed by atoms with Crippen LogP contribution in [0.25, 0.3) is 0 Å². The first-order valence-corrected chi connectivity index (χ1v) is 8.51. The molecule has 0 spiro atoms. The summed E-state index contributed by atoms with van der Waals surface area (Å²) in [5, 5.41) is 2.97.